The van der Waals surface area contributed by atoms with E-state index in [9.17, 15) is 9.59 Å². The molecule has 0 atom stereocenters. The van der Waals surface area contributed by atoms with E-state index >= 15 is 0 Å². The van der Waals surface area contributed by atoms with Crippen LogP contribution in [-0.2, 0) is 6.54 Å². The quantitative estimate of drug-likeness (QED) is 0.699. The number of hydrogen-bond acceptors (Lipinski definition) is 5. The molecule has 2 aromatic heterocycles. The topological polar surface area (TPSA) is 85.2 Å². The van der Waals surface area contributed by atoms with Gasteiger partial charge in [0.05, 0.1) is 18.5 Å². The Balaban J connectivity index is 1.54. The number of carbonyl (C=O) groups excluding carboxylic acids is 1. The van der Waals surface area contributed by atoms with Crippen molar-refractivity contribution in [3.8, 4) is 16.3 Å². The highest BCUT2D eigenvalue weighted by atomic mass is 32.1. The Labute approximate surface area is 154 Å². The second-order valence-electron chi connectivity index (χ2n) is 5.37. The Morgan fingerprint density at radius 3 is 2.69 bits per heavy atom. The summed E-state index contributed by atoms with van der Waals surface area (Å²) in [6.45, 7) is 0.566. The van der Waals surface area contributed by atoms with E-state index in [4.69, 9.17) is 4.74 Å². The van der Waals surface area contributed by atoms with E-state index in [2.05, 4.69) is 15.7 Å². The maximum atomic E-state index is 11.9. The van der Waals surface area contributed by atoms with Gasteiger partial charge in [-0.3, -0.25) is 4.79 Å². The smallest absolute Gasteiger partial charge is 0.319 e. The first kappa shape index (κ1) is 17.7. The molecule has 8 heteroatoms. The zero-order valence-electron chi connectivity index (χ0n) is 14.1. The minimum atomic E-state index is -0.349. The third-order valence-corrected chi connectivity index (χ3v) is 4.49. The van der Waals surface area contributed by atoms with Crippen molar-refractivity contribution in [2.24, 2.45) is 0 Å². The van der Waals surface area contributed by atoms with Gasteiger partial charge in [-0.2, -0.15) is 5.10 Å². The molecule has 134 valence electrons. The van der Waals surface area contributed by atoms with Gasteiger partial charge < -0.3 is 15.4 Å². The van der Waals surface area contributed by atoms with Gasteiger partial charge in [-0.15, -0.1) is 11.3 Å². The van der Waals surface area contributed by atoms with Crippen LogP contribution in [0, 0.1) is 0 Å². The maximum Gasteiger partial charge on any atom is 0.319 e. The first-order valence-electron chi connectivity index (χ1n) is 7.96. The van der Waals surface area contributed by atoms with E-state index in [1.165, 1.54) is 10.7 Å². The zero-order valence-corrected chi connectivity index (χ0v) is 15.0. The second-order valence-corrected chi connectivity index (χ2v) is 6.31. The monoisotopic (exact) mass is 370 g/mol. The van der Waals surface area contributed by atoms with Crippen LogP contribution in [0.3, 0.4) is 0 Å². The first-order valence-corrected chi connectivity index (χ1v) is 8.84. The summed E-state index contributed by atoms with van der Waals surface area (Å²) in [4.78, 5) is 24.9. The average molecular weight is 370 g/mol. The second kappa shape index (κ2) is 8.30. The van der Waals surface area contributed by atoms with E-state index in [1.54, 1.807) is 48.8 Å². The van der Waals surface area contributed by atoms with Gasteiger partial charge in [0.25, 0.3) is 5.56 Å². The number of amides is 2. The summed E-state index contributed by atoms with van der Waals surface area (Å²) >= 11 is 1.56. The number of hydrogen-bond donors (Lipinski definition) is 2. The van der Waals surface area contributed by atoms with Crippen molar-refractivity contribution in [3.05, 3.63) is 64.3 Å². The fraction of sp³-hybridized carbons (Fsp3) is 0.167. The number of ether oxygens (including phenoxy) is 1. The lowest BCUT2D eigenvalue weighted by atomic mass is 10.3. The molecule has 2 N–H and O–H groups in total. The third-order valence-electron chi connectivity index (χ3n) is 3.60. The number of aromatic nitrogens is 2. The van der Waals surface area contributed by atoms with Crippen LogP contribution < -0.4 is 20.9 Å². The maximum absolute atomic E-state index is 11.9. The molecular weight excluding hydrogens is 352 g/mol. The first-order chi connectivity index (χ1) is 12.7. The number of nitrogens with one attached hydrogen (secondary N) is 2. The molecule has 7 nitrogen and oxygen atoms in total. The van der Waals surface area contributed by atoms with Crippen LogP contribution >= 0.6 is 11.3 Å². The van der Waals surface area contributed by atoms with Crippen molar-refractivity contribution >= 4 is 23.1 Å². The zero-order chi connectivity index (χ0) is 18.4. The molecule has 0 saturated heterocycles. The number of nitrogens with zero attached hydrogens (tertiary/aromatic N) is 2. The van der Waals surface area contributed by atoms with Gasteiger partial charge in [0.15, 0.2) is 0 Å². The molecule has 0 aliphatic heterocycles. The van der Waals surface area contributed by atoms with Gasteiger partial charge in [0, 0.05) is 18.3 Å². The highest BCUT2D eigenvalue weighted by Gasteiger charge is 2.06. The molecule has 3 aromatic rings. The fourth-order valence-corrected chi connectivity index (χ4v) is 2.98. The molecule has 3 rings (SSSR count). The number of carbonyl (C=O) groups is 1. The van der Waals surface area contributed by atoms with Gasteiger partial charge in [-0.1, -0.05) is 6.07 Å². The lowest BCUT2D eigenvalue weighted by Crippen LogP contribution is -2.34. The molecule has 0 saturated carbocycles. The van der Waals surface area contributed by atoms with E-state index in [-0.39, 0.29) is 24.7 Å². The van der Waals surface area contributed by atoms with E-state index in [0.717, 1.165) is 10.6 Å². The average Bonchev–Trinajstić information content (AvgIpc) is 3.18. The standard InChI is InChI=1S/C18H18N4O3S/c1-25-14-6-4-13(5-7-14)20-18(24)19-10-11-22-17(23)9-8-15(21-22)16-3-2-12-26-16/h2-9,12H,10-11H2,1H3,(H2,19,20,24). The molecule has 2 amide bonds. The van der Waals surface area contributed by atoms with Crippen LogP contribution in [0.4, 0.5) is 10.5 Å². The van der Waals surface area contributed by atoms with Crippen molar-refractivity contribution in [1.82, 2.24) is 15.1 Å². The number of methoxy groups -OCH3 is 1. The lowest BCUT2D eigenvalue weighted by Gasteiger charge is -2.09. The molecule has 2 heterocycles. The summed E-state index contributed by atoms with van der Waals surface area (Å²) in [5.41, 5.74) is 1.18. The van der Waals surface area contributed by atoms with E-state index < -0.39 is 0 Å². The highest BCUT2D eigenvalue weighted by molar-refractivity contribution is 7.13. The van der Waals surface area contributed by atoms with Crippen molar-refractivity contribution in [2.45, 2.75) is 6.54 Å². The summed E-state index contributed by atoms with van der Waals surface area (Å²) in [5.74, 6) is 0.715. The Morgan fingerprint density at radius 1 is 1.19 bits per heavy atom. The van der Waals surface area contributed by atoms with Crippen LogP contribution in [0.1, 0.15) is 0 Å². The van der Waals surface area contributed by atoms with Crippen molar-refractivity contribution in [3.63, 3.8) is 0 Å². The number of urea groups is 1. The largest absolute Gasteiger partial charge is 0.497 e. The van der Waals surface area contributed by atoms with Crippen molar-refractivity contribution < 1.29 is 9.53 Å². The molecule has 0 radical (unpaired) electrons. The van der Waals surface area contributed by atoms with Gasteiger partial charge in [0.1, 0.15) is 11.4 Å². The molecule has 0 fully saturated rings. The molecule has 26 heavy (non-hydrogen) atoms. The number of anilines is 1. The predicted octanol–water partition coefficient (Wildman–Crippen LogP) is 2.80. The van der Waals surface area contributed by atoms with Gasteiger partial charge >= 0.3 is 6.03 Å². The lowest BCUT2D eigenvalue weighted by molar-refractivity contribution is 0.251. The summed E-state index contributed by atoms with van der Waals surface area (Å²) in [6, 6.07) is 13.7. The Bertz CT molecular complexity index is 920. The predicted molar refractivity (Wildman–Crippen MR) is 102 cm³/mol. The Kier molecular flexibility index (Phi) is 5.65. The molecular formula is C18H18N4O3S. The van der Waals surface area contributed by atoms with Gasteiger partial charge in [0.2, 0.25) is 0 Å². The van der Waals surface area contributed by atoms with Crippen LogP contribution in [0.25, 0.3) is 10.6 Å². The third kappa shape index (κ3) is 4.48. The summed E-state index contributed by atoms with van der Waals surface area (Å²) < 4.78 is 6.42. The van der Waals surface area contributed by atoms with Crippen LogP contribution in [0.15, 0.2) is 58.7 Å². The minimum Gasteiger partial charge on any atom is -0.497 e. The van der Waals surface area contributed by atoms with Crippen LogP contribution in [0.5, 0.6) is 5.75 Å². The van der Waals surface area contributed by atoms with Crippen molar-refractivity contribution in [2.75, 3.05) is 19.0 Å². The molecule has 0 aliphatic rings. The molecule has 1 aromatic carbocycles. The van der Waals surface area contributed by atoms with Crippen LogP contribution in [-0.4, -0.2) is 29.5 Å². The molecule has 0 spiro atoms. The van der Waals surface area contributed by atoms with Gasteiger partial charge in [-0.25, -0.2) is 9.48 Å². The summed E-state index contributed by atoms with van der Waals surface area (Å²) in [7, 11) is 1.58. The SMILES string of the molecule is COc1ccc(NC(=O)NCCn2nc(-c3cccs3)ccc2=O)cc1. The normalized spacial score (nSPS) is 10.3. The van der Waals surface area contributed by atoms with Crippen LogP contribution in [0.2, 0.25) is 0 Å². The Hall–Kier alpha value is -3.13. The molecule has 0 bridgehead atoms. The van der Waals surface area contributed by atoms with Gasteiger partial charge in [-0.05, 0) is 41.8 Å². The van der Waals surface area contributed by atoms with E-state index in [1.807, 2.05) is 17.5 Å². The number of benzene rings is 1. The Morgan fingerprint density at radius 2 is 2.00 bits per heavy atom. The number of thiophene rings is 1. The van der Waals surface area contributed by atoms with Crippen molar-refractivity contribution in [1.29, 1.82) is 0 Å². The number of rotatable bonds is 6. The highest BCUT2D eigenvalue weighted by Crippen LogP contribution is 2.21. The van der Waals surface area contributed by atoms with E-state index in [0.29, 0.717) is 11.4 Å². The molecule has 0 aliphatic carbocycles. The summed E-state index contributed by atoms with van der Waals surface area (Å²) in [5, 5.41) is 11.7. The molecule has 0 unspecified atom stereocenters. The fourth-order valence-electron chi connectivity index (χ4n) is 2.29. The summed E-state index contributed by atoms with van der Waals surface area (Å²) in [6.07, 6.45) is 0. The minimum absolute atomic E-state index is 0.206.